The Labute approximate surface area is 179 Å². The van der Waals surface area contributed by atoms with Crippen LogP contribution in [-0.2, 0) is 4.79 Å². The van der Waals surface area contributed by atoms with Gasteiger partial charge in [-0.15, -0.1) is 10.2 Å². The zero-order valence-electron chi connectivity index (χ0n) is 17.0. The predicted octanol–water partition coefficient (Wildman–Crippen LogP) is 3.54. The number of piperazine rings is 1. The van der Waals surface area contributed by atoms with Gasteiger partial charge in [0.1, 0.15) is 17.4 Å². The van der Waals surface area contributed by atoms with E-state index < -0.39 is 11.9 Å². The molecule has 1 aromatic heterocycles. The van der Waals surface area contributed by atoms with Gasteiger partial charge in [-0.25, -0.2) is 8.78 Å². The van der Waals surface area contributed by atoms with E-state index in [2.05, 4.69) is 15.1 Å². The van der Waals surface area contributed by atoms with Crippen LogP contribution in [0.25, 0.3) is 11.3 Å². The molecule has 8 heteroatoms. The fraction of sp³-hybridized carbons (Fsp3) is 0.261. The van der Waals surface area contributed by atoms with Crippen LogP contribution < -0.4 is 9.64 Å². The molecule has 4 rings (SSSR count). The lowest BCUT2D eigenvalue weighted by Crippen LogP contribution is -2.52. The fourth-order valence-corrected chi connectivity index (χ4v) is 3.48. The van der Waals surface area contributed by atoms with Crippen LogP contribution in [0, 0.1) is 11.6 Å². The van der Waals surface area contributed by atoms with Gasteiger partial charge in [0.2, 0.25) is 0 Å². The quantitative estimate of drug-likeness (QED) is 0.627. The normalized spacial score (nSPS) is 14.9. The average Bonchev–Trinajstić information content (AvgIpc) is 2.79. The molecule has 160 valence electrons. The summed E-state index contributed by atoms with van der Waals surface area (Å²) in [4.78, 5) is 16.5. The van der Waals surface area contributed by atoms with Crippen molar-refractivity contribution < 1.29 is 18.3 Å². The van der Waals surface area contributed by atoms with Crippen LogP contribution in [0.5, 0.6) is 5.75 Å². The number of benzene rings is 2. The number of rotatable bonds is 5. The Morgan fingerprint density at radius 3 is 2.32 bits per heavy atom. The lowest BCUT2D eigenvalue weighted by atomic mass is 10.1. The van der Waals surface area contributed by atoms with E-state index in [0.29, 0.717) is 37.6 Å². The summed E-state index contributed by atoms with van der Waals surface area (Å²) in [7, 11) is 0. The standard InChI is InChI=1S/C23H22F2N4O2/c1-16(31-20-4-2-3-19(25)15-20)23(30)29-13-11-28(12-14-29)22-10-9-21(26-27-22)17-5-7-18(24)8-6-17/h2-10,15-16H,11-14H2,1H3. The second-order valence-electron chi connectivity index (χ2n) is 7.31. The molecule has 0 spiro atoms. The molecular formula is C23H22F2N4O2. The molecule has 1 fully saturated rings. The summed E-state index contributed by atoms with van der Waals surface area (Å²) < 4.78 is 32.0. The van der Waals surface area contributed by atoms with Gasteiger partial charge in [-0.1, -0.05) is 6.07 Å². The summed E-state index contributed by atoms with van der Waals surface area (Å²) in [5.74, 6) is 0.216. The average molecular weight is 424 g/mol. The molecule has 1 amide bonds. The van der Waals surface area contributed by atoms with E-state index in [-0.39, 0.29) is 11.7 Å². The zero-order chi connectivity index (χ0) is 21.8. The van der Waals surface area contributed by atoms with E-state index in [1.54, 1.807) is 36.1 Å². The number of aromatic nitrogens is 2. The van der Waals surface area contributed by atoms with Crippen molar-refractivity contribution in [3.8, 4) is 17.0 Å². The van der Waals surface area contributed by atoms with E-state index in [0.717, 1.165) is 11.4 Å². The Morgan fingerprint density at radius 2 is 1.68 bits per heavy atom. The molecule has 0 radical (unpaired) electrons. The van der Waals surface area contributed by atoms with Gasteiger partial charge in [-0.2, -0.15) is 0 Å². The number of carbonyl (C=O) groups is 1. The smallest absolute Gasteiger partial charge is 0.263 e. The molecular weight excluding hydrogens is 402 g/mol. The van der Waals surface area contributed by atoms with Crippen molar-refractivity contribution in [2.24, 2.45) is 0 Å². The third-order valence-electron chi connectivity index (χ3n) is 5.16. The molecule has 0 bridgehead atoms. The van der Waals surface area contributed by atoms with Crippen molar-refractivity contribution in [1.82, 2.24) is 15.1 Å². The van der Waals surface area contributed by atoms with Crippen molar-refractivity contribution in [1.29, 1.82) is 0 Å². The monoisotopic (exact) mass is 424 g/mol. The highest BCUT2D eigenvalue weighted by Gasteiger charge is 2.26. The van der Waals surface area contributed by atoms with Crippen LogP contribution in [0.15, 0.2) is 60.7 Å². The highest BCUT2D eigenvalue weighted by Crippen LogP contribution is 2.20. The van der Waals surface area contributed by atoms with Gasteiger partial charge in [-0.05, 0) is 55.5 Å². The van der Waals surface area contributed by atoms with Crippen LogP contribution in [0.2, 0.25) is 0 Å². The molecule has 3 aromatic rings. The highest BCUT2D eigenvalue weighted by atomic mass is 19.1. The van der Waals surface area contributed by atoms with Gasteiger partial charge in [0.25, 0.3) is 5.91 Å². The number of ether oxygens (including phenoxy) is 1. The predicted molar refractivity (Wildman–Crippen MR) is 113 cm³/mol. The number of nitrogens with zero attached hydrogens (tertiary/aromatic N) is 4. The van der Waals surface area contributed by atoms with E-state index >= 15 is 0 Å². The summed E-state index contributed by atoms with van der Waals surface area (Å²) in [5.41, 5.74) is 1.46. The number of anilines is 1. The first kappa shape index (κ1) is 20.7. The molecule has 1 aliphatic rings. The molecule has 2 aromatic carbocycles. The Bertz CT molecular complexity index is 1040. The highest BCUT2D eigenvalue weighted by molar-refractivity contribution is 5.81. The molecule has 2 heterocycles. The van der Waals surface area contributed by atoms with Gasteiger partial charge in [-0.3, -0.25) is 4.79 Å². The van der Waals surface area contributed by atoms with Gasteiger partial charge in [0, 0.05) is 37.8 Å². The van der Waals surface area contributed by atoms with Crippen LogP contribution in [0.1, 0.15) is 6.92 Å². The van der Waals surface area contributed by atoms with Gasteiger partial charge < -0.3 is 14.5 Å². The summed E-state index contributed by atoms with van der Waals surface area (Å²) in [5, 5.41) is 8.53. The minimum atomic E-state index is -0.705. The second kappa shape index (κ2) is 9.07. The van der Waals surface area contributed by atoms with Crippen LogP contribution >= 0.6 is 0 Å². The minimum Gasteiger partial charge on any atom is -0.481 e. The van der Waals surface area contributed by atoms with E-state index in [1.165, 1.54) is 24.3 Å². The first-order chi connectivity index (χ1) is 15.0. The summed E-state index contributed by atoms with van der Waals surface area (Å²) in [6.07, 6.45) is -0.705. The van der Waals surface area contributed by atoms with Gasteiger partial charge >= 0.3 is 0 Å². The summed E-state index contributed by atoms with van der Waals surface area (Å²) in [6.45, 7) is 3.94. The van der Waals surface area contributed by atoms with Gasteiger partial charge in [0.05, 0.1) is 5.69 Å². The molecule has 6 nitrogen and oxygen atoms in total. The van der Waals surface area contributed by atoms with Crippen molar-refractivity contribution >= 4 is 11.7 Å². The molecule has 31 heavy (non-hydrogen) atoms. The van der Waals surface area contributed by atoms with E-state index in [9.17, 15) is 13.6 Å². The molecule has 1 atom stereocenters. The fourth-order valence-electron chi connectivity index (χ4n) is 3.48. The van der Waals surface area contributed by atoms with E-state index in [1.807, 2.05) is 12.1 Å². The Kier molecular flexibility index (Phi) is 6.06. The molecule has 1 aliphatic heterocycles. The number of hydrogen-bond donors (Lipinski definition) is 0. The molecule has 0 saturated carbocycles. The topological polar surface area (TPSA) is 58.6 Å². The van der Waals surface area contributed by atoms with Crippen molar-refractivity contribution in [3.05, 3.63) is 72.3 Å². The van der Waals surface area contributed by atoms with Crippen LogP contribution in [0.4, 0.5) is 14.6 Å². The summed E-state index contributed by atoms with van der Waals surface area (Å²) in [6, 6.07) is 15.6. The number of amides is 1. The third-order valence-corrected chi connectivity index (χ3v) is 5.16. The maximum absolute atomic E-state index is 13.3. The van der Waals surface area contributed by atoms with Crippen molar-refractivity contribution in [2.45, 2.75) is 13.0 Å². The molecule has 1 unspecified atom stereocenters. The number of halogens is 2. The van der Waals surface area contributed by atoms with E-state index in [4.69, 9.17) is 4.74 Å². The minimum absolute atomic E-state index is 0.137. The van der Waals surface area contributed by atoms with Crippen LogP contribution in [-0.4, -0.2) is 53.3 Å². The number of hydrogen-bond acceptors (Lipinski definition) is 5. The van der Waals surface area contributed by atoms with Crippen molar-refractivity contribution in [3.63, 3.8) is 0 Å². The molecule has 0 aliphatic carbocycles. The maximum Gasteiger partial charge on any atom is 0.263 e. The lowest BCUT2D eigenvalue weighted by molar-refractivity contribution is -0.138. The number of carbonyl (C=O) groups excluding carboxylic acids is 1. The largest absolute Gasteiger partial charge is 0.481 e. The first-order valence-electron chi connectivity index (χ1n) is 10.1. The SMILES string of the molecule is CC(Oc1cccc(F)c1)C(=O)N1CCN(c2ccc(-c3ccc(F)cc3)nn2)CC1. The van der Waals surface area contributed by atoms with Crippen LogP contribution in [0.3, 0.4) is 0 Å². The molecule has 0 N–H and O–H groups in total. The molecule has 1 saturated heterocycles. The third kappa shape index (κ3) is 4.96. The maximum atomic E-state index is 13.3. The Balaban J connectivity index is 1.32. The Hall–Kier alpha value is -3.55. The van der Waals surface area contributed by atoms with Gasteiger partial charge in [0.15, 0.2) is 11.9 Å². The lowest BCUT2D eigenvalue weighted by Gasteiger charge is -2.36. The Morgan fingerprint density at radius 1 is 0.935 bits per heavy atom. The van der Waals surface area contributed by atoms with Crippen molar-refractivity contribution in [2.75, 3.05) is 31.1 Å². The summed E-state index contributed by atoms with van der Waals surface area (Å²) >= 11 is 0. The zero-order valence-corrected chi connectivity index (χ0v) is 17.0. The second-order valence-corrected chi connectivity index (χ2v) is 7.31. The first-order valence-corrected chi connectivity index (χ1v) is 10.1.